The van der Waals surface area contributed by atoms with Gasteiger partial charge >= 0.3 is 17.9 Å². The molecule has 41 heavy (non-hydrogen) atoms. The zero-order chi connectivity index (χ0) is 30.6. The molecule has 0 aromatic heterocycles. The van der Waals surface area contributed by atoms with Gasteiger partial charge in [0.05, 0.1) is 26.2 Å². The van der Waals surface area contributed by atoms with Gasteiger partial charge < -0.3 is 26.0 Å². The Balaban J connectivity index is 2.60. The Labute approximate surface area is 243 Å². The van der Waals surface area contributed by atoms with E-state index in [2.05, 4.69) is 24.5 Å². The first-order chi connectivity index (χ1) is 19.4. The molecule has 1 aliphatic heterocycles. The molecule has 0 aromatic rings. The summed E-state index contributed by atoms with van der Waals surface area (Å²) in [6.45, 7) is 7.62. The molecule has 1 rings (SSSR count). The second kappa shape index (κ2) is 21.0. The van der Waals surface area contributed by atoms with Crippen LogP contribution >= 0.6 is 0 Å². The molecule has 2 amide bonds. The van der Waals surface area contributed by atoms with Gasteiger partial charge in [-0.15, -0.1) is 0 Å². The van der Waals surface area contributed by atoms with Crippen LogP contribution in [0.2, 0.25) is 0 Å². The molecule has 0 radical (unpaired) electrons. The van der Waals surface area contributed by atoms with Crippen molar-refractivity contribution < 1.29 is 39.3 Å². The molecule has 0 aromatic carbocycles. The average molecular weight is 587 g/mol. The van der Waals surface area contributed by atoms with Crippen molar-refractivity contribution in [3.05, 3.63) is 0 Å². The summed E-state index contributed by atoms with van der Waals surface area (Å²) < 4.78 is 0. The van der Waals surface area contributed by atoms with Crippen LogP contribution in [-0.4, -0.2) is 156 Å². The molecule has 0 saturated carbocycles. The van der Waals surface area contributed by atoms with E-state index in [-0.39, 0.29) is 38.0 Å². The van der Waals surface area contributed by atoms with Crippen LogP contribution in [0.5, 0.6) is 0 Å². The van der Waals surface area contributed by atoms with E-state index in [1.807, 2.05) is 4.90 Å². The summed E-state index contributed by atoms with van der Waals surface area (Å²) in [4.78, 5) is 65.6. The number of carboxylic acid groups (broad SMARTS) is 3. The summed E-state index contributed by atoms with van der Waals surface area (Å²) in [5.74, 6) is -2.65. The lowest BCUT2D eigenvalue weighted by atomic mass is 10.1. The lowest BCUT2D eigenvalue weighted by Gasteiger charge is -2.32. The molecule has 14 heteroatoms. The maximum absolute atomic E-state index is 12.7. The van der Waals surface area contributed by atoms with Crippen LogP contribution in [0.4, 0.5) is 0 Å². The number of carbonyl (C=O) groups is 5. The molecule has 0 unspecified atom stereocenters. The number of aliphatic carboxylic acids is 3. The van der Waals surface area contributed by atoms with Gasteiger partial charge in [0.15, 0.2) is 0 Å². The third-order valence-electron chi connectivity index (χ3n) is 6.73. The smallest absolute Gasteiger partial charge is 0.317 e. The van der Waals surface area contributed by atoms with Crippen molar-refractivity contribution in [3.8, 4) is 0 Å². The van der Waals surface area contributed by atoms with E-state index >= 15 is 0 Å². The van der Waals surface area contributed by atoms with Gasteiger partial charge in [-0.05, 0) is 18.8 Å². The highest BCUT2D eigenvalue weighted by Gasteiger charge is 2.21. The molecule has 1 aliphatic rings. The second-order valence-corrected chi connectivity index (χ2v) is 11.0. The minimum atomic E-state index is -1.01. The van der Waals surface area contributed by atoms with Crippen LogP contribution in [0, 0.1) is 5.92 Å². The fraction of sp³-hybridized carbons (Fsp3) is 0.815. The highest BCUT2D eigenvalue weighted by Crippen LogP contribution is 2.04. The first-order valence-corrected chi connectivity index (χ1v) is 14.5. The summed E-state index contributed by atoms with van der Waals surface area (Å²) in [5.41, 5.74) is 0. The number of nitrogens with one attached hydrogen (secondary N) is 2. The number of nitrogens with zero attached hydrogens (tertiary/aromatic N) is 4. The van der Waals surface area contributed by atoms with Gasteiger partial charge in [0.1, 0.15) is 0 Å². The van der Waals surface area contributed by atoms with Crippen molar-refractivity contribution >= 4 is 29.7 Å². The van der Waals surface area contributed by atoms with Gasteiger partial charge in [-0.25, -0.2) is 0 Å². The molecule has 1 fully saturated rings. The molecule has 1 saturated heterocycles. The largest absolute Gasteiger partial charge is 0.480 e. The zero-order valence-electron chi connectivity index (χ0n) is 24.7. The second-order valence-electron chi connectivity index (χ2n) is 11.0. The summed E-state index contributed by atoms with van der Waals surface area (Å²) in [5, 5.41) is 33.7. The van der Waals surface area contributed by atoms with Crippen molar-refractivity contribution in [1.82, 2.24) is 30.2 Å². The van der Waals surface area contributed by atoms with Crippen LogP contribution in [0.25, 0.3) is 0 Å². The average Bonchev–Trinajstić information content (AvgIpc) is 2.87. The van der Waals surface area contributed by atoms with Crippen molar-refractivity contribution in [2.75, 3.05) is 91.6 Å². The number of amides is 2. The van der Waals surface area contributed by atoms with Crippen molar-refractivity contribution in [3.63, 3.8) is 0 Å². The number of unbranched alkanes of at least 4 members (excludes halogenated alkanes) is 3. The molecule has 14 nitrogen and oxygen atoms in total. The number of hydrogen-bond donors (Lipinski definition) is 5. The van der Waals surface area contributed by atoms with E-state index in [4.69, 9.17) is 0 Å². The van der Waals surface area contributed by atoms with Crippen LogP contribution < -0.4 is 10.6 Å². The van der Waals surface area contributed by atoms with Crippen molar-refractivity contribution in [2.24, 2.45) is 5.92 Å². The van der Waals surface area contributed by atoms with E-state index < -0.39 is 17.9 Å². The molecular weight excluding hydrogens is 536 g/mol. The predicted octanol–water partition coefficient (Wildman–Crippen LogP) is -0.699. The van der Waals surface area contributed by atoms with Gasteiger partial charge in [0.2, 0.25) is 11.8 Å². The highest BCUT2D eigenvalue weighted by atomic mass is 16.4. The Morgan fingerprint density at radius 1 is 0.561 bits per heavy atom. The minimum Gasteiger partial charge on any atom is -0.480 e. The normalized spacial score (nSPS) is 17.0. The van der Waals surface area contributed by atoms with Gasteiger partial charge in [0, 0.05) is 71.9 Å². The SMILES string of the molecule is CC(C)CNC(=O)CCCCCCNC(=O)CN1CCN(CC(=O)O)CCN(CC(=O)O)CCN(CC(=O)O)CC1. The summed E-state index contributed by atoms with van der Waals surface area (Å²) in [6, 6.07) is 0. The molecule has 0 aliphatic carbocycles. The Bertz CT molecular complexity index is 796. The van der Waals surface area contributed by atoms with E-state index in [9.17, 15) is 39.3 Å². The molecule has 5 N–H and O–H groups in total. The number of carbonyl (C=O) groups excluding carboxylic acids is 2. The Hall–Kier alpha value is -2.81. The number of rotatable bonds is 17. The van der Waals surface area contributed by atoms with Crippen molar-refractivity contribution in [2.45, 2.75) is 46.0 Å². The predicted molar refractivity (Wildman–Crippen MR) is 153 cm³/mol. The van der Waals surface area contributed by atoms with Gasteiger partial charge in [0.25, 0.3) is 0 Å². The first-order valence-electron chi connectivity index (χ1n) is 14.5. The maximum atomic E-state index is 12.7. The molecule has 0 spiro atoms. The Kier molecular flexibility index (Phi) is 18.5. The minimum absolute atomic E-state index is 0.0690. The first kappa shape index (κ1) is 36.2. The summed E-state index contributed by atoms with van der Waals surface area (Å²) >= 11 is 0. The molecule has 1 heterocycles. The zero-order valence-corrected chi connectivity index (χ0v) is 24.7. The number of hydrogen-bond acceptors (Lipinski definition) is 9. The lowest BCUT2D eigenvalue weighted by Crippen LogP contribution is -2.49. The molecule has 236 valence electrons. The highest BCUT2D eigenvalue weighted by molar-refractivity contribution is 5.78. The standard InChI is InChI=1S/C27H50N6O8/c1-22(2)17-29-23(34)7-5-3-4-6-8-28-24(35)18-30-9-11-31(19-25(36)37)13-15-33(21-27(40)41)16-14-32(12-10-30)20-26(38)39/h22H,3-21H2,1-2H3,(H,28,35)(H,29,34)(H,36,37)(H,38,39)(H,40,41). The van der Waals surface area contributed by atoms with Crippen LogP contribution in [0.15, 0.2) is 0 Å². The quantitative estimate of drug-likeness (QED) is 0.135. The molecular formula is C27H50N6O8. The summed E-state index contributed by atoms with van der Waals surface area (Å²) in [7, 11) is 0. The third kappa shape index (κ3) is 19.8. The topological polar surface area (TPSA) is 183 Å². The third-order valence-corrected chi connectivity index (χ3v) is 6.73. The van der Waals surface area contributed by atoms with E-state index in [1.54, 1.807) is 14.7 Å². The van der Waals surface area contributed by atoms with Crippen molar-refractivity contribution in [1.29, 1.82) is 0 Å². The lowest BCUT2D eigenvalue weighted by molar-refractivity contribution is -0.140. The Morgan fingerprint density at radius 3 is 1.34 bits per heavy atom. The molecule has 0 bridgehead atoms. The van der Waals surface area contributed by atoms with E-state index in [1.165, 1.54) is 0 Å². The number of carboxylic acids is 3. The molecule has 0 atom stereocenters. The van der Waals surface area contributed by atoms with E-state index in [0.29, 0.717) is 77.8 Å². The van der Waals surface area contributed by atoms with Crippen LogP contribution in [0.1, 0.15) is 46.0 Å². The maximum Gasteiger partial charge on any atom is 0.317 e. The van der Waals surface area contributed by atoms with Crippen LogP contribution in [0.3, 0.4) is 0 Å². The van der Waals surface area contributed by atoms with E-state index in [0.717, 1.165) is 25.7 Å². The Morgan fingerprint density at radius 2 is 0.951 bits per heavy atom. The monoisotopic (exact) mass is 586 g/mol. The van der Waals surface area contributed by atoms with Gasteiger partial charge in [-0.2, -0.15) is 0 Å². The van der Waals surface area contributed by atoms with Crippen LogP contribution in [-0.2, 0) is 24.0 Å². The van der Waals surface area contributed by atoms with Gasteiger partial charge in [-0.3, -0.25) is 43.6 Å². The summed E-state index contributed by atoms with van der Waals surface area (Å²) in [6.07, 6.45) is 3.91. The van der Waals surface area contributed by atoms with Gasteiger partial charge in [-0.1, -0.05) is 26.7 Å². The fourth-order valence-corrected chi connectivity index (χ4v) is 4.44. The fourth-order valence-electron chi connectivity index (χ4n) is 4.44.